The molecule has 0 spiro atoms. The van der Waals surface area contributed by atoms with Gasteiger partial charge < -0.3 is 0 Å². The predicted molar refractivity (Wildman–Crippen MR) is 53.0 cm³/mol. The van der Waals surface area contributed by atoms with Crippen LogP contribution in [0.3, 0.4) is 0 Å². The van der Waals surface area contributed by atoms with Crippen LogP contribution in [0.25, 0.3) is 10.6 Å². The first kappa shape index (κ1) is 8.77. The number of rotatable bonds is 1. The van der Waals surface area contributed by atoms with Gasteiger partial charge in [-0.05, 0) is 34.1 Å². The third-order valence-electron chi connectivity index (χ3n) is 1.53. The van der Waals surface area contributed by atoms with E-state index in [0.717, 1.165) is 10.6 Å². The maximum atomic E-state index is 12.9. The van der Waals surface area contributed by atoms with E-state index < -0.39 is 0 Å². The van der Waals surface area contributed by atoms with E-state index in [1.165, 1.54) is 17.4 Å². The summed E-state index contributed by atoms with van der Waals surface area (Å²) in [7, 11) is 0. The zero-order valence-corrected chi connectivity index (χ0v) is 8.77. The minimum Gasteiger partial charge on any atom is -0.206 e. The lowest BCUT2D eigenvalue weighted by molar-refractivity contribution is 0.621. The lowest BCUT2D eigenvalue weighted by atomic mass is 10.2. The fourth-order valence-electron chi connectivity index (χ4n) is 0.928. The van der Waals surface area contributed by atoms with Crippen LogP contribution in [0.5, 0.6) is 0 Å². The van der Waals surface area contributed by atoms with Crippen LogP contribution < -0.4 is 0 Å². The Labute approximate surface area is 86.6 Å². The van der Waals surface area contributed by atoms with Gasteiger partial charge in [0.2, 0.25) is 0 Å². The standard InChI is InChI=1S/C8H4BrFN2S/c9-6-3-5(1-2-7(6)10)8-12-11-4-13-8/h1-4H. The largest absolute Gasteiger partial charge is 0.206 e. The Morgan fingerprint density at radius 3 is 2.85 bits per heavy atom. The van der Waals surface area contributed by atoms with Crippen molar-refractivity contribution in [1.82, 2.24) is 10.2 Å². The zero-order valence-electron chi connectivity index (χ0n) is 6.37. The molecule has 0 fully saturated rings. The molecule has 2 nitrogen and oxygen atoms in total. The highest BCUT2D eigenvalue weighted by Crippen LogP contribution is 2.25. The third-order valence-corrected chi connectivity index (χ3v) is 2.87. The highest BCUT2D eigenvalue weighted by molar-refractivity contribution is 9.10. The van der Waals surface area contributed by atoms with Crippen molar-refractivity contribution in [2.45, 2.75) is 0 Å². The molecule has 0 saturated carbocycles. The molecule has 1 aromatic carbocycles. The molecule has 0 unspecified atom stereocenters. The van der Waals surface area contributed by atoms with Crippen molar-refractivity contribution in [3.63, 3.8) is 0 Å². The molecule has 2 aromatic rings. The van der Waals surface area contributed by atoms with Gasteiger partial charge in [-0.3, -0.25) is 0 Å². The Bertz CT molecular complexity index is 416. The lowest BCUT2D eigenvalue weighted by Gasteiger charge is -1.97. The summed E-state index contributed by atoms with van der Waals surface area (Å²) in [6.45, 7) is 0. The molecule has 0 aliphatic rings. The van der Waals surface area contributed by atoms with Crippen LogP contribution in [0, 0.1) is 5.82 Å². The van der Waals surface area contributed by atoms with Gasteiger partial charge >= 0.3 is 0 Å². The monoisotopic (exact) mass is 258 g/mol. The molecule has 0 bridgehead atoms. The van der Waals surface area contributed by atoms with Gasteiger partial charge in [0.15, 0.2) is 0 Å². The fraction of sp³-hybridized carbons (Fsp3) is 0. The molecule has 0 amide bonds. The van der Waals surface area contributed by atoms with Crippen molar-refractivity contribution in [3.05, 3.63) is 34.0 Å². The van der Waals surface area contributed by atoms with Gasteiger partial charge in [0.25, 0.3) is 0 Å². The number of hydrogen-bond acceptors (Lipinski definition) is 3. The van der Waals surface area contributed by atoms with E-state index in [9.17, 15) is 4.39 Å². The maximum Gasteiger partial charge on any atom is 0.147 e. The SMILES string of the molecule is Fc1ccc(-c2nncs2)cc1Br. The van der Waals surface area contributed by atoms with E-state index in [1.807, 2.05) is 0 Å². The molecule has 1 heterocycles. The molecule has 1 aromatic heterocycles. The summed E-state index contributed by atoms with van der Waals surface area (Å²) in [5.41, 5.74) is 2.52. The van der Waals surface area contributed by atoms with Crippen molar-refractivity contribution in [2.75, 3.05) is 0 Å². The Morgan fingerprint density at radius 1 is 1.38 bits per heavy atom. The molecule has 0 saturated heterocycles. The summed E-state index contributed by atoms with van der Waals surface area (Å²) in [4.78, 5) is 0. The number of halogens is 2. The number of aromatic nitrogens is 2. The average molecular weight is 259 g/mol. The molecule has 0 N–H and O–H groups in total. The molecular formula is C8H4BrFN2S. The minimum absolute atomic E-state index is 0.270. The van der Waals surface area contributed by atoms with Gasteiger partial charge in [0.05, 0.1) is 4.47 Å². The molecule has 0 atom stereocenters. The van der Waals surface area contributed by atoms with Gasteiger partial charge in [-0.1, -0.05) is 11.3 Å². The van der Waals surface area contributed by atoms with Crippen LogP contribution in [-0.4, -0.2) is 10.2 Å². The van der Waals surface area contributed by atoms with Crippen molar-refractivity contribution in [3.8, 4) is 10.6 Å². The van der Waals surface area contributed by atoms with E-state index >= 15 is 0 Å². The van der Waals surface area contributed by atoms with Crippen LogP contribution in [0.1, 0.15) is 0 Å². The van der Waals surface area contributed by atoms with Crippen LogP contribution in [0.2, 0.25) is 0 Å². The Hall–Kier alpha value is -0.810. The van der Waals surface area contributed by atoms with Gasteiger partial charge in [-0.25, -0.2) is 4.39 Å². The second-order valence-corrected chi connectivity index (χ2v) is 4.06. The first-order valence-electron chi connectivity index (χ1n) is 3.49. The van der Waals surface area contributed by atoms with Crippen LogP contribution in [0.15, 0.2) is 28.2 Å². The van der Waals surface area contributed by atoms with E-state index in [1.54, 1.807) is 17.6 Å². The molecule has 13 heavy (non-hydrogen) atoms. The lowest BCUT2D eigenvalue weighted by Crippen LogP contribution is -1.80. The van der Waals surface area contributed by atoms with Gasteiger partial charge in [0.1, 0.15) is 16.3 Å². The van der Waals surface area contributed by atoms with E-state index in [4.69, 9.17) is 0 Å². The minimum atomic E-state index is -0.270. The fourth-order valence-corrected chi connectivity index (χ4v) is 1.86. The highest BCUT2D eigenvalue weighted by Gasteiger charge is 2.04. The summed E-state index contributed by atoms with van der Waals surface area (Å²) in [6.07, 6.45) is 0. The van der Waals surface area contributed by atoms with E-state index in [-0.39, 0.29) is 5.82 Å². The summed E-state index contributed by atoms with van der Waals surface area (Å²) in [6, 6.07) is 4.78. The molecule has 5 heteroatoms. The zero-order chi connectivity index (χ0) is 9.26. The first-order chi connectivity index (χ1) is 6.27. The van der Waals surface area contributed by atoms with Crippen molar-refractivity contribution in [1.29, 1.82) is 0 Å². The van der Waals surface area contributed by atoms with Crippen LogP contribution in [-0.2, 0) is 0 Å². The Balaban J connectivity index is 2.49. The summed E-state index contributed by atoms with van der Waals surface area (Å²) >= 11 is 4.54. The summed E-state index contributed by atoms with van der Waals surface area (Å²) < 4.78 is 13.3. The van der Waals surface area contributed by atoms with Crippen molar-refractivity contribution in [2.24, 2.45) is 0 Å². The average Bonchev–Trinajstić information content (AvgIpc) is 2.62. The quantitative estimate of drug-likeness (QED) is 0.786. The van der Waals surface area contributed by atoms with E-state index in [2.05, 4.69) is 26.1 Å². The van der Waals surface area contributed by atoms with Crippen molar-refractivity contribution < 1.29 is 4.39 Å². The molecule has 0 aliphatic carbocycles. The Kier molecular flexibility index (Phi) is 2.37. The normalized spacial score (nSPS) is 10.3. The number of benzene rings is 1. The number of hydrogen-bond donors (Lipinski definition) is 0. The molecule has 2 rings (SSSR count). The molecule has 66 valence electrons. The van der Waals surface area contributed by atoms with E-state index in [0.29, 0.717) is 4.47 Å². The summed E-state index contributed by atoms with van der Waals surface area (Å²) in [5.74, 6) is -0.270. The van der Waals surface area contributed by atoms with Crippen LogP contribution in [0.4, 0.5) is 4.39 Å². The van der Waals surface area contributed by atoms with Crippen LogP contribution >= 0.6 is 27.3 Å². The number of nitrogens with zero attached hydrogens (tertiary/aromatic N) is 2. The molecule has 0 radical (unpaired) electrons. The first-order valence-corrected chi connectivity index (χ1v) is 5.16. The second kappa shape index (κ2) is 3.51. The molecular weight excluding hydrogens is 255 g/mol. The van der Waals surface area contributed by atoms with Gasteiger partial charge in [0, 0.05) is 5.56 Å². The van der Waals surface area contributed by atoms with Gasteiger partial charge in [-0.2, -0.15) is 0 Å². The predicted octanol–water partition coefficient (Wildman–Crippen LogP) is 3.11. The third kappa shape index (κ3) is 1.76. The highest BCUT2D eigenvalue weighted by atomic mass is 79.9. The van der Waals surface area contributed by atoms with Gasteiger partial charge in [-0.15, -0.1) is 10.2 Å². The van der Waals surface area contributed by atoms with Crippen molar-refractivity contribution >= 4 is 27.3 Å². The second-order valence-electron chi connectivity index (χ2n) is 2.37. The molecule has 0 aliphatic heterocycles. The topological polar surface area (TPSA) is 25.8 Å². The Morgan fingerprint density at radius 2 is 2.23 bits per heavy atom. The maximum absolute atomic E-state index is 12.9. The summed E-state index contributed by atoms with van der Waals surface area (Å²) in [5, 5.41) is 8.38. The smallest absolute Gasteiger partial charge is 0.147 e.